The number of aryl methyl sites for hydroxylation is 3. The minimum absolute atomic E-state index is 0.123. The summed E-state index contributed by atoms with van der Waals surface area (Å²) < 4.78 is 13.4. The lowest BCUT2D eigenvalue weighted by Crippen LogP contribution is -2.39. The number of guanidine groups is 1. The molecule has 0 bridgehead atoms. The number of fused-ring (bicyclic) bond motifs is 1. The van der Waals surface area contributed by atoms with E-state index < -0.39 is 0 Å². The lowest BCUT2D eigenvalue weighted by Gasteiger charge is -2.26. The third kappa shape index (κ3) is 5.68. The van der Waals surface area contributed by atoms with Crippen molar-refractivity contribution in [2.45, 2.75) is 53.0 Å². The van der Waals surface area contributed by atoms with Gasteiger partial charge >= 0.3 is 0 Å². The van der Waals surface area contributed by atoms with Gasteiger partial charge in [0, 0.05) is 30.7 Å². The van der Waals surface area contributed by atoms with Gasteiger partial charge in [-0.25, -0.2) is 0 Å². The molecule has 0 amide bonds. The van der Waals surface area contributed by atoms with Gasteiger partial charge in [0.05, 0.1) is 12.2 Å². The first-order chi connectivity index (χ1) is 14.4. The summed E-state index contributed by atoms with van der Waals surface area (Å²) in [4.78, 5) is 4.84. The van der Waals surface area contributed by atoms with Crippen molar-refractivity contribution >= 4 is 5.96 Å². The van der Waals surface area contributed by atoms with Crippen molar-refractivity contribution in [2.75, 3.05) is 32.8 Å². The highest BCUT2D eigenvalue weighted by atomic mass is 16.6. The van der Waals surface area contributed by atoms with Crippen LogP contribution in [0.3, 0.4) is 0 Å². The molecule has 2 heterocycles. The van der Waals surface area contributed by atoms with Gasteiger partial charge in [0.25, 0.3) is 0 Å². The monoisotopic (exact) mass is 413 g/mol. The van der Waals surface area contributed by atoms with Gasteiger partial charge < -0.3 is 20.1 Å². The molecular weight excluding hydrogens is 378 g/mol. The molecule has 7 nitrogen and oxygen atoms in total. The van der Waals surface area contributed by atoms with E-state index in [1.807, 2.05) is 13.0 Å². The number of ether oxygens (including phenoxy) is 2. The van der Waals surface area contributed by atoms with Crippen LogP contribution in [0.1, 0.15) is 44.1 Å². The van der Waals surface area contributed by atoms with Crippen molar-refractivity contribution in [1.82, 2.24) is 20.4 Å². The Hall–Kier alpha value is -2.70. The van der Waals surface area contributed by atoms with Crippen LogP contribution in [0.15, 0.2) is 29.3 Å². The first-order valence-electron chi connectivity index (χ1n) is 10.8. The first kappa shape index (κ1) is 22.0. The number of nitrogens with zero attached hydrogens (tertiary/aromatic N) is 3. The highest BCUT2D eigenvalue weighted by Crippen LogP contribution is 2.35. The fourth-order valence-corrected chi connectivity index (χ4v) is 3.51. The molecule has 1 aromatic carbocycles. The fourth-order valence-electron chi connectivity index (χ4n) is 3.51. The minimum atomic E-state index is -0.123. The van der Waals surface area contributed by atoms with Crippen molar-refractivity contribution in [2.24, 2.45) is 4.99 Å². The van der Waals surface area contributed by atoms with Gasteiger partial charge in [-0.05, 0) is 51.0 Å². The molecule has 0 atom stereocenters. The van der Waals surface area contributed by atoms with Crippen molar-refractivity contribution in [1.29, 1.82) is 0 Å². The average molecular weight is 414 g/mol. The number of nitrogens with one attached hydrogen (secondary N) is 2. The van der Waals surface area contributed by atoms with Crippen molar-refractivity contribution in [3.8, 4) is 11.5 Å². The number of hydrogen-bond donors (Lipinski definition) is 2. The van der Waals surface area contributed by atoms with Gasteiger partial charge in [-0.2, -0.15) is 5.10 Å². The van der Waals surface area contributed by atoms with Gasteiger partial charge in [-0.15, -0.1) is 0 Å². The van der Waals surface area contributed by atoms with E-state index in [9.17, 15) is 0 Å². The van der Waals surface area contributed by atoms with E-state index in [2.05, 4.69) is 66.3 Å². The van der Waals surface area contributed by atoms with Crippen LogP contribution in [0, 0.1) is 13.8 Å². The van der Waals surface area contributed by atoms with Crippen LogP contribution in [0.25, 0.3) is 0 Å². The Labute approximate surface area is 179 Å². The highest BCUT2D eigenvalue weighted by molar-refractivity contribution is 5.79. The van der Waals surface area contributed by atoms with Crippen LogP contribution in [0.4, 0.5) is 0 Å². The number of aromatic nitrogens is 2. The molecule has 0 unspecified atom stereocenters. The second-order valence-electron chi connectivity index (χ2n) is 8.37. The lowest BCUT2D eigenvalue weighted by atomic mass is 9.84. The van der Waals surface area contributed by atoms with E-state index >= 15 is 0 Å². The van der Waals surface area contributed by atoms with Gasteiger partial charge in [-0.3, -0.25) is 9.67 Å². The molecule has 0 radical (unpaired) electrons. The lowest BCUT2D eigenvalue weighted by molar-refractivity contribution is 0.171. The highest BCUT2D eigenvalue weighted by Gasteiger charge is 2.23. The maximum atomic E-state index is 5.74. The summed E-state index contributed by atoms with van der Waals surface area (Å²) in [6.45, 7) is 15.1. The second kappa shape index (κ2) is 9.87. The summed E-state index contributed by atoms with van der Waals surface area (Å²) in [5.74, 6) is 2.49. The van der Waals surface area contributed by atoms with E-state index in [1.165, 1.54) is 11.3 Å². The fraction of sp³-hybridized carbons (Fsp3) is 0.565. The average Bonchev–Trinajstić information content (AvgIpc) is 3.05. The van der Waals surface area contributed by atoms with E-state index in [1.54, 1.807) is 0 Å². The Morgan fingerprint density at radius 2 is 1.90 bits per heavy atom. The van der Waals surface area contributed by atoms with E-state index in [0.717, 1.165) is 49.2 Å². The van der Waals surface area contributed by atoms with Gasteiger partial charge in [-0.1, -0.05) is 19.9 Å². The van der Waals surface area contributed by atoms with E-state index in [0.29, 0.717) is 19.8 Å². The van der Waals surface area contributed by atoms with Crippen molar-refractivity contribution in [3.63, 3.8) is 0 Å². The van der Waals surface area contributed by atoms with Crippen LogP contribution >= 0.6 is 0 Å². The zero-order chi connectivity index (χ0) is 21.6. The summed E-state index contributed by atoms with van der Waals surface area (Å²) in [6.07, 6.45) is 0.984. The normalized spacial score (nSPS) is 14.0. The largest absolute Gasteiger partial charge is 0.486 e. The molecule has 2 aromatic rings. The number of aliphatic imine (C=N–C) groups is 1. The summed E-state index contributed by atoms with van der Waals surface area (Å²) in [6, 6.07) is 8.30. The summed E-state index contributed by atoms with van der Waals surface area (Å²) >= 11 is 0. The molecule has 0 fully saturated rings. The summed E-state index contributed by atoms with van der Waals surface area (Å²) in [5, 5.41) is 11.3. The molecule has 3 rings (SSSR count). The number of hydrogen-bond acceptors (Lipinski definition) is 4. The Balaban J connectivity index is 1.56. The first-order valence-corrected chi connectivity index (χ1v) is 10.8. The number of rotatable bonds is 8. The van der Waals surface area contributed by atoms with Gasteiger partial charge in [0.15, 0.2) is 17.5 Å². The van der Waals surface area contributed by atoms with Crippen LogP contribution < -0.4 is 20.1 Å². The molecule has 30 heavy (non-hydrogen) atoms. The molecule has 164 valence electrons. The Bertz CT molecular complexity index is 872. The molecule has 7 heteroatoms. The molecule has 1 aliphatic heterocycles. The second-order valence-corrected chi connectivity index (χ2v) is 8.37. The smallest absolute Gasteiger partial charge is 0.191 e. The topological polar surface area (TPSA) is 72.7 Å². The Morgan fingerprint density at radius 3 is 2.60 bits per heavy atom. The predicted octanol–water partition coefficient (Wildman–Crippen LogP) is 3.19. The van der Waals surface area contributed by atoms with Crippen molar-refractivity contribution in [3.05, 3.63) is 41.2 Å². The molecule has 0 saturated carbocycles. The third-order valence-corrected chi connectivity index (χ3v) is 5.24. The van der Waals surface area contributed by atoms with Crippen LogP contribution in [-0.2, 0) is 12.0 Å². The molecule has 0 saturated heterocycles. The molecule has 1 aliphatic rings. The summed E-state index contributed by atoms with van der Waals surface area (Å²) in [5.41, 5.74) is 3.34. The predicted molar refractivity (Wildman–Crippen MR) is 121 cm³/mol. The third-order valence-electron chi connectivity index (χ3n) is 5.24. The number of benzene rings is 1. The molecule has 0 aliphatic carbocycles. The van der Waals surface area contributed by atoms with Gasteiger partial charge in [0.2, 0.25) is 0 Å². The maximum absolute atomic E-state index is 5.74. The minimum Gasteiger partial charge on any atom is -0.486 e. The zero-order valence-corrected chi connectivity index (χ0v) is 18.9. The SMILES string of the molecule is CCNC(=NCC(C)(C)c1ccc2c(c1)OCCO2)NCCCn1nc(C)cc1C. The maximum Gasteiger partial charge on any atom is 0.191 e. The van der Waals surface area contributed by atoms with Crippen LogP contribution in [0.2, 0.25) is 0 Å². The Kier molecular flexibility index (Phi) is 7.24. The van der Waals surface area contributed by atoms with Gasteiger partial charge in [0.1, 0.15) is 13.2 Å². The van der Waals surface area contributed by atoms with E-state index in [4.69, 9.17) is 14.5 Å². The summed E-state index contributed by atoms with van der Waals surface area (Å²) in [7, 11) is 0. The standard InChI is InChI=1S/C23H35N5O2/c1-6-24-22(25-10-7-11-28-18(3)14-17(2)27-28)26-16-23(4,5)19-8-9-20-21(15-19)30-13-12-29-20/h8-9,14-15H,6-7,10-13,16H2,1-5H3,(H2,24,25,26). The Morgan fingerprint density at radius 1 is 1.13 bits per heavy atom. The molecular formula is C23H35N5O2. The zero-order valence-electron chi connectivity index (χ0n) is 18.9. The van der Waals surface area contributed by atoms with Crippen LogP contribution in [0.5, 0.6) is 11.5 Å². The quantitative estimate of drug-likeness (QED) is 0.395. The molecule has 1 aromatic heterocycles. The molecule has 0 spiro atoms. The van der Waals surface area contributed by atoms with E-state index in [-0.39, 0.29) is 5.41 Å². The molecule has 2 N–H and O–H groups in total. The van der Waals surface area contributed by atoms with Crippen LogP contribution in [-0.4, -0.2) is 48.6 Å². The van der Waals surface area contributed by atoms with Crippen molar-refractivity contribution < 1.29 is 9.47 Å².